The largest absolute Gasteiger partial charge is 0.378 e. The van der Waals surface area contributed by atoms with Crippen LogP contribution < -0.4 is 4.90 Å². The third-order valence-corrected chi connectivity index (χ3v) is 8.07. The fourth-order valence-electron chi connectivity index (χ4n) is 5.55. The zero-order valence-corrected chi connectivity index (χ0v) is 21.2. The van der Waals surface area contributed by atoms with Crippen molar-refractivity contribution in [1.29, 1.82) is 0 Å². The van der Waals surface area contributed by atoms with Crippen molar-refractivity contribution < 1.29 is 9.47 Å². The SMILES string of the molecule is CC[C@H]1CN(c2cc(-n3ncc4cc(Cl)c(C5CCN(C6COC6)CC5)cc43)nc(C)n2)CCO1. The van der Waals surface area contributed by atoms with E-state index in [1.54, 1.807) is 0 Å². The van der Waals surface area contributed by atoms with Gasteiger partial charge in [-0.15, -0.1) is 0 Å². The first-order chi connectivity index (χ1) is 17.1. The van der Waals surface area contributed by atoms with Crippen molar-refractivity contribution in [2.75, 3.05) is 50.9 Å². The minimum absolute atomic E-state index is 0.237. The number of halogens is 1. The summed E-state index contributed by atoms with van der Waals surface area (Å²) in [5.41, 5.74) is 2.26. The van der Waals surface area contributed by atoms with Crippen LogP contribution in [-0.4, -0.2) is 82.8 Å². The van der Waals surface area contributed by atoms with Crippen molar-refractivity contribution in [3.63, 3.8) is 0 Å². The highest BCUT2D eigenvalue weighted by molar-refractivity contribution is 6.32. The van der Waals surface area contributed by atoms with Crippen LogP contribution in [0.15, 0.2) is 24.4 Å². The molecule has 3 saturated heterocycles. The molecule has 186 valence electrons. The second-order valence-electron chi connectivity index (χ2n) is 9.97. The minimum atomic E-state index is 0.237. The quantitative estimate of drug-likeness (QED) is 0.529. The van der Waals surface area contributed by atoms with Gasteiger partial charge in [0.15, 0.2) is 5.82 Å². The second kappa shape index (κ2) is 9.65. The lowest BCUT2D eigenvalue weighted by Gasteiger charge is -2.41. The Morgan fingerprint density at radius 1 is 1.06 bits per heavy atom. The number of morpholine rings is 1. The van der Waals surface area contributed by atoms with E-state index in [0.29, 0.717) is 12.0 Å². The van der Waals surface area contributed by atoms with E-state index >= 15 is 0 Å². The Morgan fingerprint density at radius 2 is 1.86 bits per heavy atom. The number of hydrogen-bond acceptors (Lipinski definition) is 7. The van der Waals surface area contributed by atoms with Crippen LogP contribution in [0.4, 0.5) is 5.82 Å². The molecule has 3 fully saturated rings. The smallest absolute Gasteiger partial charge is 0.159 e. The zero-order valence-electron chi connectivity index (χ0n) is 20.5. The molecule has 35 heavy (non-hydrogen) atoms. The van der Waals surface area contributed by atoms with E-state index in [1.807, 2.05) is 23.9 Å². The van der Waals surface area contributed by atoms with Crippen molar-refractivity contribution in [3.05, 3.63) is 40.8 Å². The molecule has 1 aromatic carbocycles. The van der Waals surface area contributed by atoms with Gasteiger partial charge in [-0.25, -0.2) is 14.6 Å². The van der Waals surface area contributed by atoms with Crippen molar-refractivity contribution in [3.8, 4) is 5.82 Å². The fraction of sp³-hybridized carbons (Fsp3) is 0.577. The Balaban J connectivity index is 1.30. The Bertz CT molecular complexity index is 1200. The number of fused-ring (bicyclic) bond motifs is 1. The first-order valence-electron chi connectivity index (χ1n) is 12.8. The van der Waals surface area contributed by atoms with Crippen LogP contribution in [0.1, 0.15) is 43.5 Å². The molecular weight excluding hydrogens is 464 g/mol. The summed E-state index contributed by atoms with van der Waals surface area (Å²) >= 11 is 6.79. The molecule has 0 amide bonds. The fourth-order valence-corrected chi connectivity index (χ4v) is 5.88. The lowest BCUT2D eigenvalue weighted by atomic mass is 9.88. The molecule has 0 bridgehead atoms. The van der Waals surface area contributed by atoms with Gasteiger partial charge in [-0.3, -0.25) is 4.90 Å². The molecule has 3 aliphatic heterocycles. The monoisotopic (exact) mass is 496 g/mol. The zero-order chi connectivity index (χ0) is 23.9. The molecule has 3 aromatic rings. The van der Waals surface area contributed by atoms with Gasteiger partial charge in [0.05, 0.1) is 43.7 Å². The number of nitrogens with zero attached hydrogens (tertiary/aromatic N) is 6. The van der Waals surface area contributed by atoms with Gasteiger partial charge in [0.25, 0.3) is 0 Å². The number of likely N-dealkylation sites (tertiary alicyclic amines) is 1. The third-order valence-electron chi connectivity index (χ3n) is 7.74. The summed E-state index contributed by atoms with van der Waals surface area (Å²) in [7, 11) is 0. The van der Waals surface area contributed by atoms with Gasteiger partial charge in [-0.2, -0.15) is 5.10 Å². The summed E-state index contributed by atoms with van der Waals surface area (Å²) in [5, 5.41) is 6.57. The van der Waals surface area contributed by atoms with Gasteiger partial charge in [0, 0.05) is 29.6 Å². The van der Waals surface area contributed by atoms with Gasteiger partial charge >= 0.3 is 0 Å². The summed E-state index contributed by atoms with van der Waals surface area (Å²) in [5.74, 6) is 2.91. The summed E-state index contributed by atoms with van der Waals surface area (Å²) in [6.07, 6.45) is 5.34. The maximum absolute atomic E-state index is 6.79. The van der Waals surface area contributed by atoms with Crippen molar-refractivity contribution in [2.24, 2.45) is 0 Å². The van der Waals surface area contributed by atoms with Crippen LogP contribution in [-0.2, 0) is 9.47 Å². The van der Waals surface area contributed by atoms with Crippen molar-refractivity contribution in [1.82, 2.24) is 24.6 Å². The number of rotatable bonds is 5. The molecule has 0 N–H and O–H groups in total. The highest BCUT2D eigenvalue weighted by atomic mass is 35.5. The maximum Gasteiger partial charge on any atom is 0.159 e. The average Bonchev–Trinajstić information content (AvgIpc) is 3.25. The molecule has 0 aliphatic carbocycles. The van der Waals surface area contributed by atoms with Gasteiger partial charge in [0.2, 0.25) is 0 Å². The minimum Gasteiger partial charge on any atom is -0.378 e. The van der Waals surface area contributed by atoms with E-state index in [9.17, 15) is 0 Å². The van der Waals surface area contributed by atoms with Gasteiger partial charge < -0.3 is 14.4 Å². The topological polar surface area (TPSA) is 68.5 Å². The highest BCUT2D eigenvalue weighted by Crippen LogP contribution is 2.37. The molecule has 0 saturated carbocycles. The van der Waals surface area contributed by atoms with E-state index in [4.69, 9.17) is 36.1 Å². The standard InChI is InChI=1S/C26H33ClN6O2/c1-3-21-14-32(8-9-35-21)25-12-26(30-17(2)29-25)33-24-11-22(23(27)10-19(24)13-28-33)18-4-6-31(7-5-18)20-15-34-16-20/h10-13,18,20-21H,3-9,14-16H2,1-2H3/t21-/m0/s1. The predicted octanol–water partition coefficient (Wildman–Crippen LogP) is 3.97. The van der Waals surface area contributed by atoms with Crippen LogP contribution in [0.25, 0.3) is 16.7 Å². The first kappa shape index (κ1) is 23.2. The predicted molar refractivity (Wildman–Crippen MR) is 137 cm³/mol. The number of ether oxygens (including phenoxy) is 2. The van der Waals surface area contributed by atoms with Gasteiger partial charge in [-0.1, -0.05) is 18.5 Å². The van der Waals surface area contributed by atoms with Crippen LogP contribution in [0.5, 0.6) is 0 Å². The number of piperidine rings is 1. The molecule has 5 heterocycles. The van der Waals surface area contributed by atoms with Gasteiger partial charge in [-0.05, 0) is 62.9 Å². The molecule has 0 unspecified atom stereocenters. The molecule has 0 radical (unpaired) electrons. The summed E-state index contributed by atoms with van der Waals surface area (Å²) in [4.78, 5) is 14.4. The lowest BCUT2D eigenvalue weighted by Crippen LogP contribution is -2.51. The first-order valence-corrected chi connectivity index (χ1v) is 13.2. The molecule has 3 aliphatic rings. The summed E-state index contributed by atoms with van der Waals surface area (Å²) in [6.45, 7) is 10.4. The summed E-state index contributed by atoms with van der Waals surface area (Å²) in [6, 6.07) is 6.94. The van der Waals surface area contributed by atoms with Crippen molar-refractivity contribution in [2.45, 2.75) is 51.2 Å². The van der Waals surface area contributed by atoms with Gasteiger partial charge in [0.1, 0.15) is 11.6 Å². The van der Waals surface area contributed by atoms with Crippen LogP contribution in [0.2, 0.25) is 5.02 Å². The van der Waals surface area contributed by atoms with Crippen LogP contribution >= 0.6 is 11.6 Å². The number of aryl methyl sites for hydroxylation is 1. The maximum atomic E-state index is 6.79. The number of hydrogen-bond donors (Lipinski definition) is 0. The molecule has 6 rings (SSSR count). The van der Waals surface area contributed by atoms with E-state index < -0.39 is 0 Å². The second-order valence-corrected chi connectivity index (χ2v) is 10.4. The van der Waals surface area contributed by atoms with E-state index in [2.05, 4.69) is 28.9 Å². The molecular formula is C26H33ClN6O2. The van der Waals surface area contributed by atoms with Crippen molar-refractivity contribution >= 4 is 28.3 Å². The molecule has 0 spiro atoms. The average molecular weight is 497 g/mol. The highest BCUT2D eigenvalue weighted by Gasteiger charge is 2.31. The number of benzene rings is 1. The normalized spacial score (nSPS) is 22.6. The summed E-state index contributed by atoms with van der Waals surface area (Å²) < 4.78 is 13.2. The third kappa shape index (κ3) is 4.53. The molecule has 2 aromatic heterocycles. The Morgan fingerprint density at radius 3 is 2.60 bits per heavy atom. The number of aromatic nitrogens is 4. The van der Waals surface area contributed by atoms with Crippen LogP contribution in [0, 0.1) is 6.92 Å². The molecule has 9 heteroatoms. The molecule has 1 atom stereocenters. The molecule has 8 nitrogen and oxygen atoms in total. The lowest BCUT2D eigenvalue weighted by molar-refractivity contribution is -0.0712. The van der Waals surface area contributed by atoms with Crippen LogP contribution in [0.3, 0.4) is 0 Å². The van der Waals surface area contributed by atoms with E-state index in [-0.39, 0.29) is 6.10 Å². The Kier molecular flexibility index (Phi) is 6.39. The van der Waals surface area contributed by atoms with E-state index in [1.165, 1.54) is 5.56 Å². The number of anilines is 1. The Labute approximate surface area is 211 Å². The van der Waals surface area contributed by atoms with E-state index in [0.717, 1.165) is 98.6 Å². The Hall–Kier alpha value is -2.26.